The molecule has 0 saturated carbocycles. The van der Waals surface area contributed by atoms with Crippen LogP contribution in [0, 0.1) is 0 Å². The van der Waals surface area contributed by atoms with E-state index in [4.69, 9.17) is 4.74 Å². The topological polar surface area (TPSA) is 70.7 Å². The van der Waals surface area contributed by atoms with Crippen molar-refractivity contribution in [2.45, 2.75) is 26.3 Å². The quantitative estimate of drug-likeness (QED) is 0.679. The van der Waals surface area contributed by atoms with E-state index in [-0.39, 0.29) is 12.0 Å². The molecule has 0 aromatic carbocycles. The van der Waals surface area contributed by atoms with Gasteiger partial charge < -0.3 is 20.3 Å². The highest BCUT2D eigenvalue weighted by atomic mass is 16.5. The number of hydrogen-bond donors (Lipinski definition) is 2. The van der Waals surface area contributed by atoms with Gasteiger partial charge in [-0.15, -0.1) is 0 Å². The third kappa shape index (κ3) is 3.89. The summed E-state index contributed by atoms with van der Waals surface area (Å²) in [6, 6.07) is -0.702. The van der Waals surface area contributed by atoms with Gasteiger partial charge in [0.25, 0.3) is 0 Å². The molecule has 1 heterocycles. The fourth-order valence-corrected chi connectivity index (χ4v) is 1.73. The lowest BCUT2D eigenvalue weighted by atomic mass is 10.2. The zero-order valence-corrected chi connectivity index (χ0v) is 10.5. The van der Waals surface area contributed by atoms with Crippen molar-refractivity contribution in [3.8, 4) is 0 Å². The fourth-order valence-electron chi connectivity index (χ4n) is 1.73. The van der Waals surface area contributed by atoms with Crippen molar-refractivity contribution in [1.82, 2.24) is 15.5 Å². The van der Waals surface area contributed by atoms with E-state index in [9.17, 15) is 9.59 Å². The molecular formula is C11H21N3O3. The van der Waals surface area contributed by atoms with Crippen LogP contribution in [0.1, 0.15) is 20.3 Å². The number of urea groups is 1. The zero-order valence-electron chi connectivity index (χ0n) is 10.5. The van der Waals surface area contributed by atoms with Crippen LogP contribution in [0.4, 0.5) is 4.79 Å². The van der Waals surface area contributed by atoms with Crippen molar-refractivity contribution in [2.24, 2.45) is 0 Å². The Morgan fingerprint density at radius 1 is 1.47 bits per heavy atom. The van der Waals surface area contributed by atoms with E-state index in [0.29, 0.717) is 32.8 Å². The van der Waals surface area contributed by atoms with Crippen molar-refractivity contribution in [1.29, 1.82) is 0 Å². The van der Waals surface area contributed by atoms with Crippen molar-refractivity contribution >= 4 is 12.0 Å². The zero-order chi connectivity index (χ0) is 12.7. The summed E-state index contributed by atoms with van der Waals surface area (Å²) >= 11 is 0. The monoisotopic (exact) mass is 243 g/mol. The summed E-state index contributed by atoms with van der Waals surface area (Å²) in [5.41, 5.74) is 0. The number of rotatable bonds is 4. The maximum atomic E-state index is 11.9. The van der Waals surface area contributed by atoms with Gasteiger partial charge in [0.2, 0.25) is 0 Å². The van der Waals surface area contributed by atoms with Crippen molar-refractivity contribution in [2.75, 3.05) is 32.8 Å². The maximum absolute atomic E-state index is 11.9. The van der Waals surface area contributed by atoms with Crippen LogP contribution in [-0.4, -0.2) is 55.7 Å². The molecule has 2 N–H and O–H groups in total. The third-order valence-corrected chi connectivity index (χ3v) is 2.59. The standard InChI is InChI=1S/C11H21N3O3/c1-3-5-13-11(16)14-7-6-12-8-9(14)10(15)17-4-2/h9,12H,3-8H2,1-2H3,(H,13,16). The normalized spacial score (nSPS) is 19.9. The molecule has 1 rings (SSSR count). The Labute approximate surface area is 102 Å². The van der Waals surface area contributed by atoms with Crippen LogP contribution in [0.25, 0.3) is 0 Å². The maximum Gasteiger partial charge on any atom is 0.330 e. The Balaban J connectivity index is 2.58. The van der Waals surface area contributed by atoms with Crippen LogP contribution in [0.5, 0.6) is 0 Å². The molecule has 0 aromatic rings. The molecule has 0 aliphatic carbocycles. The Kier molecular flexibility index (Phi) is 5.76. The first-order valence-electron chi connectivity index (χ1n) is 6.12. The highest BCUT2D eigenvalue weighted by Gasteiger charge is 2.32. The number of nitrogens with zero attached hydrogens (tertiary/aromatic N) is 1. The van der Waals surface area contributed by atoms with Crippen LogP contribution in [0.2, 0.25) is 0 Å². The van der Waals surface area contributed by atoms with Crippen molar-refractivity contribution in [3.63, 3.8) is 0 Å². The molecule has 17 heavy (non-hydrogen) atoms. The number of ether oxygens (including phenoxy) is 1. The van der Waals surface area contributed by atoms with Gasteiger partial charge in [-0.05, 0) is 13.3 Å². The smallest absolute Gasteiger partial charge is 0.330 e. The van der Waals surface area contributed by atoms with Gasteiger partial charge in [0, 0.05) is 26.2 Å². The number of carbonyl (C=O) groups is 2. The lowest BCUT2D eigenvalue weighted by Gasteiger charge is -2.34. The minimum atomic E-state index is -0.513. The molecule has 0 bridgehead atoms. The molecule has 1 unspecified atom stereocenters. The highest BCUT2D eigenvalue weighted by Crippen LogP contribution is 2.06. The molecule has 1 aliphatic heterocycles. The SMILES string of the molecule is CCCNC(=O)N1CCNCC1C(=O)OCC. The molecule has 2 amide bonds. The van der Waals surface area contributed by atoms with Gasteiger partial charge in [-0.3, -0.25) is 0 Å². The third-order valence-electron chi connectivity index (χ3n) is 2.59. The van der Waals surface area contributed by atoms with Gasteiger partial charge in [0.15, 0.2) is 0 Å². The van der Waals surface area contributed by atoms with Gasteiger partial charge in [-0.2, -0.15) is 0 Å². The van der Waals surface area contributed by atoms with Gasteiger partial charge in [0.05, 0.1) is 6.61 Å². The Morgan fingerprint density at radius 2 is 2.24 bits per heavy atom. The Hall–Kier alpha value is -1.30. The summed E-state index contributed by atoms with van der Waals surface area (Å²) in [5.74, 6) is -0.341. The summed E-state index contributed by atoms with van der Waals surface area (Å²) < 4.78 is 4.97. The predicted octanol–water partition coefficient (Wildman–Crippen LogP) is -0.0571. The molecule has 98 valence electrons. The highest BCUT2D eigenvalue weighted by molar-refractivity contribution is 5.84. The van der Waals surface area contributed by atoms with E-state index >= 15 is 0 Å². The second-order valence-corrected chi connectivity index (χ2v) is 3.90. The van der Waals surface area contributed by atoms with E-state index in [1.807, 2.05) is 6.92 Å². The first-order chi connectivity index (χ1) is 8.20. The number of esters is 1. The van der Waals surface area contributed by atoms with Gasteiger partial charge in [0.1, 0.15) is 6.04 Å². The lowest BCUT2D eigenvalue weighted by Crippen LogP contribution is -2.59. The van der Waals surface area contributed by atoms with Crippen molar-refractivity contribution < 1.29 is 14.3 Å². The van der Waals surface area contributed by atoms with Gasteiger partial charge in [-0.25, -0.2) is 9.59 Å². The molecular weight excluding hydrogens is 222 g/mol. The van der Waals surface area contributed by atoms with E-state index in [1.165, 1.54) is 0 Å². The average molecular weight is 243 g/mol. The number of amides is 2. The molecule has 6 heteroatoms. The molecule has 6 nitrogen and oxygen atoms in total. The molecule has 0 spiro atoms. The first-order valence-corrected chi connectivity index (χ1v) is 6.12. The number of nitrogens with one attached hydrogen (secondary N) is 2. The van der Waals surface area contributed by atoms with E-state index in [0.717, 1.165) is 6.42 Å². The Bertz CT molecular complexity index is 271. The summed E-state index contributed by atoms with van der Waals surface area (Å²) in [4.78, 5) is 25.1. The number of carbonyl (C=O) groups excluding carboxylic acids is 2. The second kappa shape index (κ2) is 7.11. The van der Waals surface area contributed by atoms with Crippen LogP contribution >= 0.6 is 0 Å². The predicted molar refractivity (Wildman–Crippen MR) is 63.7 cm³/mol. The second-order valence-electron chi connectivity index (χ2n) is 3.90. The van der Waals surface area contributed by atoms with Crippen LogP contribution in [-0.2, 0) is 9.53 Å². The lowest BCUT2D eigenvalue weighted by molar-refractivity contribution is -0.148. The molecule has 1 atom stereocenters. The molecule has 1 saturated heterocycles. The summed E-state index contributed by atoms with van der Waals surface area (Å²) in [6.45, 7) is 6.39. The largest absolute Gasteiger partial charge is 0.464 e. The fraction of sp³-hybridized carbons (Fsp3) is 0.818. The number of piperazine rings is 1. The van der Waals surface area contributed by atoms with Crippen molar-refractivity contribution in [3.05, 3.63) is 0 Å². The summed E-state index contributed by atoms with van der Waals surface area (Å²) in [6.07, 6.45) is 0.877. The average Bonchev–Trinajstić information content (AvgIpc) is 2.36. The van der Waals surface area contributed by atoms with Gasteiger partial charge >= 0.3 is 12.0 Å². The van der Waals surface area contributed by atoms with Gasteiger partial charge in [-0.1, -0.05) is 6.92 Å². The van der Waals surface area contributed by atoms with E-state index < -0.39 is 6.04 Å². The van der Waals surface area contributed by atoms with Crippen LogP contribution in [0.15, 0.2) is 0 Å². The van der Waals surface area contributed by atoms with Crippen LogP contribution < -0.4 is 10.6 Å². The Morgan fingerprint density at radius 3 is 2.88 bits per heavy atom. The minimum absolute atomic E-state index is 0.189. The number of hydrogen-bond acceptors (Lipinski definition) is 4. The molecule has 0 radical (unpaired) electrons. The summed E-state index contributed by atoms with van der Waals surface area (Å²) in [5, 5.41) is 5.87. The molecule has 1 aliphatic rings. The van der Waals surface area contributed by atoms with E-state index in [2.05, 4.69) is 10.6 Å². The first kappa shape index (κ1) is 13.8. The molecule has 1 fully saturated rings. The van der Waals surface area contributed by atoms with Crippen LogP contribution in [0.3, 0.4) is 0 Å². The summed E-state index contributed by atoms with van der Waals surface area (Å²) in [7, 11) is 0. The molecule has 0 aromatic heterocycles. The minimum Gasteiger partial charge on any atom is -0.464 e. The van der Waals surface area contributed by atoms with E-state index in [1.54, 1.807) is 11.8 Å².